The molecule has 1 aliphatic heterocycles. The zero-order valence-electron chi connectivity index (χ0n) is 23.1. The van der Waals surface area contributed by atoms with Gasteiger partial charge >= 0.3 is 0 Å². The third-order valence-electron chi connectivity index (χ3n) is 6.06. The van der Waals surface area contributed by atoms with E-state index in [9.17, 15) is 18.0 Å². The van der Waals surface area contributed by atoms with E-state index < -0.39 is 15.9 Å². The van der Waals surface area contributed by atoms with Crippen LogP contribution in [-0.4, -0.2) is 43.1 Å². The molecule has 11 nitrogen and oxygen atoms in total. The third kappa shape index (κ3) is 8.71. The van der Waals surface area contributed by atoms with Crippen molar-refractivity contribution in [2.24, 2.45) is 15.3 Å². The van der Waals surface area contributed by atoms with E-state index in [0.717, 1.165) is 21.8 Å². The molecule has 0 atom stereocenters. The number of carbonyl (C=O) groups excluding carboxylic acids is 2. The van der Waals surface area contributed by atoms with Gasteiger partial charge in [-0.3, -0.25) is 14.5 Å². The maximum Gasteiger partial charge on any atom is 0.267 e. The van der Waals surface area contributed by atoms with Gasteiger partial charge in [0.05, 0.1) is 28.8 Å². The molecule has 0 saturated carbocycles. The second-order valence-electron chi connectivity index (χ2n) is 9.35. The molecule has 230 valence electrons. The highest BCUT2D eigenvalue weighted by atomic mass is 79.9. The molecule has 0 unspecified atom stereocenters. The van der Waals surface area contributed by atoms with Crippen LogP contribution in [0.15, 0.2) is 114 Å². The molecule has 0 bridgehead atoms. The van der Waals surface area contributed by atoms with E-state index in [-0.39, 0.29) is 24.0 Å². The molecule has 5 rings (SSSR count). The zero-order valence-corrected chi connectivity index (χ0v) is 27.1. The standard InChI is InChI=1S/C30H23BrClN5O6S2/c31-21-4-1-3-19(13-21)16-34-36-30-37(17-24-5-2-12-42-24)29(39)27(44-30)15-20-14-22(32)6-11-26(20)43-18-28(38)35-23-7-9-25(10-8-23)45(33,40)41/h1-16H,17-18H2,(H,35,38)(H2,33,40,41)/b27-15-,34-16-,36-30+. The Bertz CT molecular complexity index is 1930. The van der Waals surface area contributed by atoms with E-state index in [4.69, 9.17) is 25.9 Å². The number of furan rings is 1. The molecule has 45 heavy (non-hydrogen) atoms. The lowest BCUT2D eigenvalue weighted by molar-refractivity contribution is -0.122. The first-order valence-electron chi connectivity index (χ1n) is 13.0. The van der Waals surface area contributed by atoms with Gasteiger partial charge in [-0.2, -0.15) is 5.10 Å². The summed E-state index contributed by atoms with van der Waals surface area (Å²) in [5.74, 6) is 0.0293. The summed E-state index contributed by atoms with van der Waals surface area (Å²) >= 11 is 10.8. The van der Waals surface area contributed by atoms with Crippen LogP contribution in [0.25, 0.3) is 6.08 Å². The van der Waals surface area contributed by atoms with Crippen LogP contribution < -0.4 is 15.2 Å². The zero-order chi connectivity index (χ0) is 32.0. The molecule has 4 aromatic rings. The quantitative estimate of drug-likeness (QED) is 0.118. The van der Waals surface area contributed by atoms with Crippen molar-refractivity contribution < 1.29 is 27.2 Å². The van der Waals surface area contributed by atoms with Crippen molar-refractivity contribution in [1.29, 1.82) is 0 Å². The van der Waals surface area contributed by atoms with Gasteiger partial charge in [0.1, 0.15) is 11.5 Å². The maximum absolute atomic E-state index is 13.5. The molecular formula is C30H23BrClN5O6S2. The van der Waals surface area contributed by atoms with Gasteiger partial charge in [-0.1, -0.05) is 39.7 Å². The lowest BCUT2D eigenvalue weighted by Crippen LogP contribution is -2.28. The van der Waals surface area contributed by atoms with Crippen molar-refractivity contribution in [3.8, 4) is 5.75 Å². The van der Waals surface area contributed by atoms with Crippen molar-refractivity contribution in [3.05, 3.63) is 116 Å². The fourth-order valence-corrected chi connectivity index (χ4v) is 6.02. The van der Waals surface area contributed by atoms with E-state index in [0.29, 0.717) is 37.9 Å². The Hall–Kier alpha value is -4.21. The molecule has 2 heterocycles. The summed E-state index contributed by atoms with van der Waals surface area (Å²) in [6.45, 7) is -0.240. The van der Waals surface area contributed by atoms with E-state index >= 15 is 0 Å². The summed E-state index contributed by atoms with van der Waals surface area (Å²) in [5.41, 5.74) is 1.63. The number of benzene rings is 3. The molecule has 1 aliphatic rings. The number of amides is 2. The minimum Gasteiger partial charge on any atom is -0.483 e. The number of hydrogen-bond acceptors (Lipinski definition) is 9. The highest BCUT2D eigenvalue weighted by Gasteiger charge is 2.34. The Morgan fingerprint density at radius 2 is 1.91 bits per heavy atom. The first-order valence-corrected chi connectivity index (χ1v) is 16.5. The predicted octanol–water partition coefficient (Wildman–Crippen LogP) is 5.87. The molecule has 1 aromatic heterocycles. The largest absolute Gasteiger partial charge is 0.483 e. The average Bonchev–Trinajstić information content (AvgIpc) is 3.61. The number of rotatable bonds is 10. The number of nitrogens with one attached hydrogen (secondary N) is 1. The lowest BCUT2D eigenvalue weighted by Gasteiger charge is -2.13. The van der Waals surface area contributed by atoms with Crippen molar-refractivity contribution in [1.82, 2.24) is 4.90 Å². The second-order valence-corrected chi connectivity index (χ2v) is 13.3. The molecule has 0 spiro atoms. The minimum atomic E-state index is -3.86. The summed E-state index contributed by atoms with van der Waals surface area (Å²) in [4.78, 5) is 27.8. The summed E-state index contributed by atoms with van der Waals surface area (Å²) in [6, 6.07) is 21.2. The number of anilines is 1. The Labute approximate surface area is 276 Å². The number of sulfonamides is 1. The van der Waals surface area contributed by atoms with E-state index in [2.05, 4.69) is 31.4 Å². The number of nitrogens with zero attached hydrogens (tertiary/aromatic N) is 3. The van der Waals surface area contributed by atoms with Gasteiger partial charge in [0, 0.05) is 20.7 Å². The Morgan fingerprint density at radius 3 is 2.62 bits per heavy atom. The van der Waals surface area contributed by atoms with E-state index in [1.165, 1.54) is 35.4 Å². The summed E-state index contributed by atoms with van der Waals surface area (Å²) in [5, 5.41) is 17.0. The monoisotopic (exact) mass is 727 g/mol. The molecule has 0 radical (unpaired) electrons. The molecular weight excluding hydrogens is 706 g/mol. The third-order valence-corrected chi connectivity index (χ3v) is 8.72. The van der Waals surface area contributed by atoms with Crippen molar-refractivity contribution in [2.75, 3.05) is 11.9 Å². The van der Waals surface area contributed by atoms with Crippen LogP contribution in [0.2, 0.25) is 5.02 Å². The van der Waals surface area contributed by atoms with Crippen LogP contribution in [0.3, 0.4) is 0 Å². The van der Waals surface area contributed by atoms with Crippen LogP contribution in [0.1, 0.15) is 16.9 Å². The lowest BCUT2D eigenvalue weighted by atomic mass is 10.2. The predicted molar refractivity (Wildman–Crippen MR) is 177 cm³/mol. The fraction of sp³-hybridized carbons (Fsp3) is 0.0667. The van der Waals surface area contributed by atoms with Gasteiger partial charge in [-0.25, -0.2) is 13.6 Å². The first kappa shape index (κ1) is 32.2. The Morgan fingerprint density at radius 1 is 1.11 bits per heavy atom. The van der Waals surface area contributed by atoms with Crippen LogP contribution in [0, 0.1) is 0 Å². The highest BCUT2D eigenvalue weighted by molar-refractivity contribution is 9.10. The normalized spacial score (nSPS) is 15.4. The summed E-state index contributed by atoms with van der Waals surface area (Å²) < 4.78 is 35.0. The highest BCUT2D eigenvalue weighted by Crippen LogP contribution is 2.36. The number of nitrogens with two attached hydrogens (primary N) is 1. The van der Waals surface area contributed by atoms with E-state index in [1.54, 1.807) is 42.6 Å². The van der Waals surface area contributed by atoms with Crippen LogP contribution in [0.4, 0.5) is 5.69 Å². The molecule has 15 heteroatoms. The van der Waals surface area contributed by atoms with Gasteiger partial charge in [0.2, 0.25) is 10.0 Å². The topological polar surface area (TPSA) is 157 Å². The molecule has 1 fully saturated rings. The van der Waals surface area contributed by atoms with Crippen LogP contribution >= 0.6 is 39.3 Å². The number of carbonyl (C=O) groups is 2. The van der Waals surface area contributed by atoms with Crippen LogP contribution in [-0.2, 0) is 26.2 Å². The van der Waals surface area contributed by atoms with Crippen LogP contribution in [0.5, 0.6) is 5.75 Å². The second kappa shape index (κ2) is 14.3. The number of amidine groups is 1. The van der Waals surface area contributed by atoms with Gasteiger partial charge in [-0.05, 0) is 90.1 Å². The molecule has 2 amide bonds. The summed E-state index contributed by atoms with van der Waals surface area (Å²) in [6.07, 6.45) is 4.71. The average molecular weight is 729 g/mol. The number of primary sulfonamides is 1. The maximum atomic E-state index is 13.5. The number of ether oxygens (including phenoxy) is 1. The number of hydrogen-bond donors (Lipinski definition) is 2. The Balaban J connectivity index is 1.34. The van der Waals surface area contributed by atoms with Gasteiger partial charge in [0.25, 0.3) is 11.8 Å². The van der Waals surface area contributed by atoms with Crippen molar-refractivity contribution >= 4 is 84.3 Å². The number of thioether (sulfide) groups is 1. The number of halogens is 2. The molecule has 3 N–H and O–H groups in total. The molecule has 1 saturated heterocycles. The SMILES string of the molecule is NS(=O)(=O)c1ccc(NC(=O)COc2ccc(Cl)cc2/C=C2\S/C(=N/N=C\c3cccc(Br)c3)N(Cc3ccco3)C2=O)cc1. The van der Waals surface area contributed by atoms with Gasteiger partial charge in [0.15, 0.2) is 11.8 Å². The Kier molecular flexibility index (Phi) is 10.2. The van der Waals surface area contributed by atoms with Crippen molar-refractivity contribution in [2.45, 2.75) is 11.4 Å². The smallest absolute Gasteiger partial charge is 0.267 e. The summed E-state index contributed by atoms with van der Waals surface area (Å²) in [7, 11) is -3.86. The molecule has 3 aromatic carbocycles. The fourth-order valence-electron chi connectivity index (χ4n) is 3.99. The van der Waals surface area contributed by atoms with E-state index in [1.807, 2.05) is 24.3 Å². The minimum absolute atomic E-state index is 0.0814. The first-order chi connectivity index (χ1) is 21.5. The van der Waals surface area contributed by atoms with Gasteiger partial charge in [-0.15, -0.1) is 5.10 Å². The van der Waals surface area contributed by atoms with Gasteiger partial charge < -0.3 is 14.5 Å². The van der Waals surface area contributed by atoms with Crippen molar-refractivity contribution in [3.63, 3.8) is 0 Å². The molecule has 0 aliphatic carbocycles.